The Morgan fingerprint density at radius 2 is 1.64 bits per heavy atom. The monoisotopic (exact) mass is 440 g/mol. The minimum Gasteiger partial charge on any atom is -0.496 e. The van der Waals surface area contributed by atoms with Gasteiger partial charge in [0.25, 0.3) is 11.8 Å². The van der Waals surface area contributed by atoms with Crippen LogP contribution in [-0.2, 0) is 0 Å². The highest BCUT2D eigenvalue weighted by Gasteiger charge is 2.26. The predicted molar refractivity (Wildman–Crippen MR) is 111 cm³/mol. The third kappa shape index (κ3) is 4.72. The first-order valence-electron chi connectivity index (χ1n) is 8.77. The van der Waals surface area contributed by atoms with Crippen molar-refractivity contribution in [1.29, 1.82) is 0 Å². The zero-order valence-corrected chi connectivity index (χ0v) is 17.4. The minimum atomic E-state index is -0.245. The average molecular weight is 442 g/mol. The van der Waals surface area contributed by atoms with Crippen LogP contribution in [0.3, 0.4) is 0 Å². The molecule has 28 heavy (non-hydrogen) atoms. The van der Waals surface area contributed by atoms with Crippen molar-refractivity contribution < 1.29 is 14.3 Å². The van der Waals surface area contributed by atoms with Crippen molar-refractivity contribution in [2.45, 2.75) is 18.9 Å². The maximum absolute atomic E-state index is 12.7. The summed E-state index contributed by atoms with van der Waals surface area (Å²) >= 11 is 18.0. The summed E-state index contributed by atoms with van der Waals surface area (Å²) < 4.78 is 5.23. The van der Waals surface area contributed by atoms with Crippen molar-refractivity contribution in [1.82, 2.24) is 10.2 Å². The summed E-state index contributed by atoms with van der Waals surface area (Å²) in [4.78, 5) is 27.0. The molecular weight excluding hydrogens is 423 g/mol. The lowest BCUT2D eigenvalue weighted by Crippen LogP contribution is -2.46. The van der Waals surface area contributed by atoms with Crippen molar-refractivity contribution >= 4 is 46.6 Å². The van der Waals surface area contributed by atoms with Gasteiger partial charge in [0, 0.05) is 29.2 Å². The molecule has 0 spiro atoms. The Labute approximate surface area is 178 Å². The first kappa shape index (κ1) is 20.8. The Morgan fingerprint density at radius 1 is 1.00 bits per heavy atom. The number of hydrogen-bond acceptors (Lipinski definition) is 3. The first-order valence-corrected chi connectivity index (χ1v) is 9.91. The lowest BCUT2D eigenvalue weighted by molar-refractivity contribution is 0.0698. The van der Waals surface area contributed by atoms with Crippen LogP contribution in [-0.4, -0.2) is 43.0 Å². The number of carbonyl (C=O) groups excluding carboxylic acids is 2. The van der Waals surface area contributed by atoms with Crippen LogP contribution in [0.4, 0.5) is 0 Å². The van der Waals surface area contributed by atoms with Gasteiger partial charge in [0.2, 0.25) is 0 Å². The van der Waals surface area contributed by atoms with Crippen LogP contribution < -0.4 is 10.1 Å². The Hall–Kier alpha value is -1.95. The molecule has 1 fully saturated rings. The van der Waals surface area contributed by atoms with Crippen LogP contribution in [0, 0.1) is 0 Å². The van der Waals surface area contributed by atoms with Crippen LogP contribution in [0.15, 0.2) is 36.4 Å². The molecule has 1 aliphatic heterocycles. The Balaban J connectivity index is 1.60. The summed E-state index contributed by atoms with van der Waals surface area (Å²) in [5.74, 6) is 0.0831. The van der Waals surface area contributed by atoms with Gasteiger partial charge in [-0.15, -0.1) is 0 Å². The molecule has 1 N–H and O–H groups in total. The van der Waals surface area contributed by atoms with E-state index >= 15 is 0 Å². The lowest BCUT2D eigenvalue weighted by Gasteiger charge is -2.32. The molecule has 2 aromatic carbocycles. The van der Waals surface area contributed by atoms with Crippen molar-refractivity contribution in [3.05, 3.63) is 62.6 Å². The molecule has 2 amide bonds. The first-order chi connectivity index (χ1) is 13.4. The Bertz CT molecular complexity index is 896. The number of hydrogen-bond donors (Lipinski definition) is 1. The molecule has 0 aromatic heterocycles. The van der Waals surface area contributed by atoms with Crippen LogP contribution >= 0.6 is 34.8 Å². The maximum atomic E-state index is 12.7. The summed E-state index contributed by atoms with van der Waals surface area (Å²) in [5, 5.41) is 4.28. The van der Waals surface area contributed by atoms with Gasteiger partial charge >= 0.3 is 0 Å². The highest BCUT2D eigenvalue weighted by atomic mass is 35.5. The lowest BCUT2D eigenvalue weighted by atomic mass is 10.0. The molecule has 2 aromatic rings. The average Bonchev–Trinajstić information content (AvgIpc) is 2.68. The second-order valence-corrected chi connectivity index (χ2v) is 7.79. The summed E-state index contributed by atoms with van der Waals surface area (Å²) in [6.07, 6.45) is 1.29. The molecule has 1 aliphatic rings. The number of piperidine rings is 1. The van der Waals surface area contributed by atoms with E-state index in [2.05, 4.69) is 5.32 Å². The van der Waals surface area contributed by atoms with E-state index in [-0.39, 0.29) is 17.9 Å². The van der Waals surface area contributed by atoms with Crippen molar-refractivity contribution in [2.24, 2.45) is 0 Å². The van der Waals surface area contributed by atoms with Gasteiger partial charge in [-0.2, -0.15) is 0 Å². The molecule has 1 saturated heterocycles. The highest BCUT2D eigenvalue weighted by molar-refractivity contribution is 6.36. The van der Waals surface area contributed by atoms with Crippen LogP contribution in [0.25, 0.3) is 0 Å². The number of benzene rings is 2. The molecule has 0 aliphatic carbocycles. The fourth-order valence-electron chi connectivity index (χ4n) is 3.18. The van der Waals surface area contributed by atoms with Crippen LogP contribution in [0.5, 0.6) is 5.75 Å². The Morgan fingerprint density at radius 3 is 2.29 bits per heavy atom. The van der Waals surface area contributed by atoms with E-state index in [1.165, 1.54) is 7.11 Å². The fraction of sp³-hybridized carbons (Fsp3) is 0.300. The number of ether oxygens (including phenoxy) is 1. The third-order valence-corrected chi connectivity index (χ3v) is 5.47. The van der Waals surface area contributed by atoms with Crippen molar-refractivity contribution in [2.75, 3.05) is 20.2 Å². The molecule has 0 atom stereocenters. The van der Waals surface area contributed by atoms with Gasteiger partial charge in [0.15, 0.2) is 0 Å². The van der Waals surface area contributed by atoms with E-state index in [4.69, 9.17) is 39.5 Å². The van der Waals surface area contributed by atoms with Gasteiger partial charge in [-0.05, 0) is 49.2 Å². The van der Waals surface area contributed by atoms with Crippen molar-refractivity contribution in [3.8, 4) is 5.75 Å². The van der Waals surface area contributed by atoms with Gasteiger partial charge in [-0.1, -0.05) is 34.8 Å². The SMILES string of the molecule is COc1ccc(Cl)cc1C(=O)NC1CCN(C(=O)c2ccc(Cl)cc2Cl)CC1. The van der Waals surface area contributed by atoms with Crippen LogP contribution in [0.1, 0.15) is 33.6 Å². The quantitative estimate of drug-likeness (QED) is 0.749. The number of likely N-dealkylation sites (tertiary alicyclic amines) is 1. The fourth-order valence-corrected chi connectivity index (χ4v) is 3.84. The number of methoxy groups -OCH3 is 1. The summed E-state index contributed by atoms with van der Waals surface area (Å²) in [5.41, 5.74) is 0.818. The maximum Gasteiger partial charge on any atom is 0.255 e. The molecule has 3 rings (SSSR count). The summed E-state index contributed by atoms with van der Waals surface area (Å²) in [6, 6.07) is 9.70. The standard InChI is InChI=1S/C20H19Cl3N2O3/c1-28-18-5-3-12(21)10-16(18)19(26)24-14-6-8-25(9-7-14)20(27)15-4-2-13(22)11-17(15)23/h2-5,10-11,14H,6-9H2,1H3,(H,24,26). The zero-order chi connectivity index (χ0) is 20.3. The molecule has 1 heterocycles. The van der Waals surface area contributed by atoms with Gasteiger partial charge in [0.05, 0.1) is 23.3 Å². The second-order valence-electron chi connectivity index (χ2n) is 6.51. The van der Waals surface area contributed by atoms with E-state index < -0.39 is 0 Å². The van der Waals surface area contributed by atoms with E-state index in [9.17, 15) is 9.59 Å². The molecule has 8 heteroatoms. The van der Waals surface area contributed by atoms with E-state index in [1.807, 2.05) is 0 Å². The van der Waals surface area contributed by atoms with Gasteiger partial charge in [0.1, 0.15) is 5.75 Å². The topological polar surface area (TPSA) is 58.6 Å². The number of amides is 2. The third-order valence-electron chi connectivity index (χ3n) is 4.69. The largest absolute Gasteiger partial charge is 0.496 e. The number of carbonyl (C=O) groups is 2. The van der Waals surface area contributed by atoms with E-state index in [1.54, 1.807) is 41.3 Å². The summed E-state index contributed by atoms with van der Waals surface area (Å²) in [7, 11) is 1.51. The van der Waals surface area contributed by atoms with Gasteiger partial charge < -0.3 is 15.0 Å². The number of nitrogens with zero attached hydrogens (tertiary/aromatic N) is 1. The molecule has 0 bridgehead atoms. The number of nitrogens with one attached hydrogen (secondary N) is 1. The van der Waals surface area contributed by atoms with Crippen LogP contribution in [0.2, 0.25) is 15.1 Å². The molecule has 0 radical (unpaired) electrons. The molecule has 5 nitrogen and oxygen atoms in total. The van der Waals surface area contributed by atoms with Gasteiger partial charge in [-0.25, -0.2) is 0 Å². The zero-order valence-electron chi connectivity index (χ0n) is 15.2. The number of halogens is 3. The molecule has 0 unspecified atom stereocenters. The number of rotatable bonds is 4. The Kier molecular flexibility index (Phi) is 6.70. The molecule has 0 saturated carbocycles. The summed E-state index contributed by atoms with van der Waals surface area (Å²) in [6.45, 7) is 1.05. The van der Waals surface area contributed by atoms with Crippen molar-refractivity contribution in [3.63, 3.8) is 0 Å². The highest BCUT2D eigenvalue weighted by Crippen LogP contribution is 2.25. The second kappa shape index (κ2) is 9.03. The smallest absolute Gasteiger partial charge is 0.255 e. The van der Waals surface area contributed by atoms with Gasteiger partial charge in [-0.3, -0.25) is 9.59 Å². The molecular formula is C20H19Cl3N2O3. The minimum absolute atomic E-state index is 0.0408. The van der Waals surface area contributed by atoms with E-state index in [0.29, 0.717) is 57.9 Å². The molecule has 148 valence electrons. The normalized spacial score (nSPS) is 14.6. The predicted octanol–water partition coefficient (Wildman–Crippen LogP) is 4.69. The van der Waals surface area contributed by atoms with E-state index in [0.717, 1.165) is 0 Å².